The predicted molar refractivity (Wildman–Crippen MR) is 101 cm³/mol. The van der Waals surface area contributed by atoms with Crippen LogP contribution >= 0.6 is 0 Å². The summed E-state index contributed by atoms with van der Waals surface area (Å²) in [6.07, 6.45) is 0.415. The van der Waals surface area contributed by atoms with Gasteiger partial charge in [-0.2, -0.15) is 0 Å². The fraction of sp³-hybridized carbons (Fsp3) is 0.250. The first-order valence-corrected chi connectivity index (χ1v) is 8.32. The third-order valence-electron chi connectivity index (χ3n) is 3.82. The van der Waals surface area contributed by atoms with E-state index in [-0.39, 0.29) is 23.0 Å². The molecule has 26 heavy (non-hydrogen) atoms. The summed E-state index contributed by atoms with van der Waals surface area (Å²) in [5.41, 5.74) is 2.21. The fourth-order valence-corrected chi connectivity index (χ4v) is 2.47. The first-order valence-electron chi connectivity index (χ1n) is 8.32. The van der Waals surface area contributed by atoms with Gasteiger partial charge in [0.05, 0.1) is 5.56 Å². The Kier molecular flexibility index (Phi) is 6.11. The quantitative estimate of drug-likeness (QED) is 0.732. The molecule has 0 aliphatic rings. The first-order chi connectivity index (χ1) is 12.3. The number of anilines is 2. The van der Waals surface area contributed by atoms with Crippen molar-refractivity contribution in [3.8, 4) is 0 Å². The lowest BCUT2D eigenvalue weighted by Crippen LogP contribution is -2.17. The first kappa shape index (κ1) is 19.2. The van der Waals surface area contributed by atoms with Crippen LogP contribution in [-0.4, -0.2) is 22.9 Å². The maximum atomic E-state index is 12.4. The third-order valence-corrected chi connectivity index (χ3v) is 3.82. The van der Waals surface area contributed by atoms with Crippen molar-refractivity contribution in [2.75, 3.05) is 10.6 Å². The number of nitrogens with one attached hydrogen (secondary N) is 2. The molecule has 0 bridgehead atoms. The molecule has 0 fully saturated rings. The van der Waals surface area contributed by atoms with Crippen LogP contribution in [0.4, 0.5) is 11.4 Å². The summed E-state index contributed by atoms with van der Waals surface area (Å²) < 4.78 is 0. The zero-order valence-electron chi connectivity index (χ0n) is 15.0. The van der Waals surface area contributed by atoms with Gasteiger partial charge in [0.1, 0.15) is 0 Å². The van der Waals surface area contributed by atoms with Gasteiger partial charge in [0.15, 0.2) is 0 Å². The van der Waals surface area contributed by atoms with Crippen molar-refractivity contribution in [2.45, 2.75) is 27.2 Å². The van der Waals surface area contributed by atoms with E-state index in [2.05, 4.69) is 10.6 Å². The standard InChI is InChI=1S/C20H22N2O4/c1-12(2)10-18(23)21-16-8-5-9-17(13(16)3)22-19(24)14-6-4-7-15(11-14)20(25)26/h4-9,11-12H,10H2,1-3H3,(H,21,23)(H,22,24)(H,25,26). The van der Waals surface area contributed by atoms with Gasteiger partial charge in [0, 0.05) is 23.4 Å². The van der Waals surface area contributed by atoms with Gasteiger partial charge in [-0.1, -0.05) is 26.0 Å². The molecule has 0 saturated carbocycles. The van der Waals surface area contributed by atoms with Crippen LogP contribution in [0.3, 0.4) is 0 Å². The van der Waals surface area contributed by atoms with Gasteiger partial charge in [0.25, 0.3) is 5.91 Å². The molecule has 0 spiro atoms. The van der Waals surface area contributed by atoms with Gasteiger partial charge >= 0.3 is 5.97 Å². The van der Waals surface area contributed by atoms with Crippen molar-refractivity contribution in [1.29, 1.82) is 0 Å². The Labute approximate surface area is 152 Å². The average Bonchev–Trinajstić information content (AvgIpc) is 2.57. The summed E-state index contributed by atoms with van der Waals surface area (Å²) in [5, 5.41) is 14.7. The van der Waals surface area contributed by atoms with Crippen molar-refractivity contribution >= 4 is 29.2 Å². The van der Waals surface area contributed by atoms with E-state index < -0.39 is 11.9 Å². The van der Waals surface area contributed by atoms with Crippen LogP contribution in [0.15, 0.2) is 42.5 Å². The zero-order valence-corrected chi connectivity index (χ0v) is 15.0. The highest BCUT2D eigenvalue weighted by Gasteiger charge is 2.13. The van der Waals surface area contributed by atoms with E-state index in [0.29, 0.717) is 17.8 Å². The second kappa shape index (κ2) is 8.29. The van der Waals surface area contributed by atoms with Crippen LogP contribution in [-0.2, 0) is 4.79 Å². The average molecular weight is 354 g/mol. The number of hydrogen-bond donors (Lipinski definition) is 3. The minimum atomic E-state index is -1.09. The molecule has 0 atom stereocenters. The Morgan fingerprint density at radius 3 is 2.15 bits per heavy atom. The number of amides is 2. The Balaban J connectivity index is 2.18. The summed E-state index contributed by atoms with van der Waals surface area (Å²) in [5.74, 6) is -1.34. The lowest BCUT2D eigenvalue weighted by molar-refractivity contribution is -0.116. The Bertz CT molecular complexity index is 843. The predicted octanol–water partition coefficient (Wildman–Crippen LogP) is 3.93. The molecule has 0 heterocycles. The lowest BCUT2D eigenvalue weighted by atomic mass is 10.1. The molecule has 2 amide bonds. The third kappa shape index (κ3) is 4.92. The van der Waals surface area contributed by atoms with Gasteiger partial charge in [-0.3, -0.25) is 9.59 Å². The molecule has 0 aromatic heterocycles. The van der Waals surface area contributed by atoms with E-state index in [4.69, 9.17) is 5.11 Å². The number of hydrogen-bond acceptors (Lipinski definition) is 3. The number of benzene rings is 2. The molecule has 0 aliphatic carbocycles. The molecule has 2 aromatic carbocycles. The SMILES string of the molecule is Cc1c(NC(=O)CC(C)C)cccc1NC(=O)c1cccc(C(=O)O)c1. The molecule has 6 heteroatoms. The highest BCUT2D eigenvalue weighted by Crippen LogP contribution is 2.24. The molecule has 136 valence electrons. The molecule has 0 aliphatic heterocycles. The zero-order chi connectivity index (χ0) is 19.3. The molecular formula is C20H22N2O4. The number of aromatic carboxylic acids is 1. The van der Waals surface area contributed by atoms with Crippen molar-refractivity contribution in [3.05, 3.63) is 59.2 Å². The summed E-state index contributed by atoms with van der Waals surface area (Å²) in [6.45, 7) is 5.73. The molecule has 0 unspecified atom stereocenters. The minimum Gasteiger partial charge on any atom is -0.478 e. The molecular weight excluding hydrogens is 332 g/mol. The highest BCUT2D eigenvalue weighted by atomic mass is 16.4. The second-order valence-corrected chi connectivity index (χ2v) is 6.46. The van der Waals surface area contributed by atoms with Crippen LogP contribution in [0.2, 0.25) is 0 Å². The van der Waals surface area contributed by atoms with Crippen LogP contribution in [0.25, 0.3) is 0 Å². The van der Waals surface area contributed by atoms with Crippen LogP contribution < -0.4 is 10.6 Å². The van der Waals surface area contributed by atoms with E-state index in [1.807, 2.05) is 13.8 Å². The normalized spacial score (nSPS) is 10.5. The monoisotopic (exact) mass is 354 g/mol. The van der Waals surface area contributed by atoms with Crippen molar-refractivity contribution in [1.82, 2.24) is 0 Å². The number of carbonyl (C=O) groups is 3. The van der Waals surface area contributed by atoms with Crippen molar-refractivity contribution in [2.24, 2.45) is 5.92 Å². The van der Waals surface area contributed by atoms with E-state index >= 15 is 0 Å². The van der Waals surface area contributed by atoms with Crippen LogP contribution in [0.5, 0.6) is 0 Å². The number of carboxylic acids is 1. The molecule has 0 radical (unpaired) electrons. The van der Waals surface area contributed by atoms with Crippen LogP contribution in [0, 0.1) is 12.8 Å². The lowest BCUT2D eigenvalue weighted by Gasteiger charge is -2.14. The maximum Gasteiger partial charge on any atom is 0.335 e. The van der Waals surface area contributed by atoms with Gasteiger partial charge in [-0.15, -0.1) is 0 Å². The second-order valence-electron chi connectivity index (χ2n) is 6.46. The van der Waals surface area contributed by atoms with Gasteiger partial charge in [-0.05, 0) is 48.7 Å². The van der Waals surface area contributed by atoms with Crippen molar-refractivity contribution < 1.29 is 19.5 Å². The van der Waals surface area contributed by atoms with Gasteiger partial charge in [0.2, 0.25) is 5.91 Å². The molecule has 2 rings (SSSR count). The Hall–Kier alpha value is -3.15. The molecule has 6 nitrogen and oxygen atoms in total. The number of carbonyl (C=O) groups excluding carboxylic acids is 2. The summed E-state index contributed by atoms with van der Waals surface area (Å²) in [4.78, 5) is 35.4. The fourth-order valence-electron chi connectivity index (χ4n) is 2.47. The number of rotatable bonds is 6. The largest absolute Gasteiger partial charge is 0.478 e. The van der Waals surface area contributed by atoms with E-state index in [1.165, 1.54) is 18.2 Å². The van der Waals surface area contributed by atoms with E-state index in [1.54, 1.807) is 31.2 Å². The molecule has 3 N–H and O–H groups in total. The molecule has 0 saturated heterocycles. The summed E-state index contributed by atoms with van der Waals surface area (Å²) in [7, 11) is 0. The number of carboxylic acid groups (broad SMARTS) is 1. The van der Waals surface area contributed by atoms with Gasteiger partial charge in [-0.25, -0.2) is 4.79 Å². The maximum absolute atomic E-state index is 12.4. The minimum absolute atomic E-state index is 0.0454. The molecule has 2 aromatic rings. The highest BCUT2D eigenvalue weighted by molar-refractivity contribution is 6.06. The van der Waals surface area contributed by atoms with E-state index in [0.717, 1.165) is 5.56 Å². The topological polar surface area (TPSA) is 95.5 Å². The van der Waals surface area contributed by atoms with Crippen molar-refractivity contribution in [3.63, 3.8) is 0 Å². The Morgan fingerprint density at radius 2 is 1.54 bits per heavy atom. The van der Waals surface area contributed by atoms with Crippen LogP contribution in [0.1, 0.15) is 46.5 Å². The van der Waals surface area contributed by atoms with E-state index in [9.17, 15) is 14.4 Å². The smallest absolute Gasteiger partial charge is 0.335 e. The summed E-state index contributed by atoms with van der Waals surface area (Å²) in [6, 6.07) is 11.1. The van der Waals surface area contributed by atoms with Gasteiger partial charge < -0.3 is 15.7 Å². The Morgan fingerprint density at radius 1 is 0.962 bits per heavy atom. The summed E-state index contributed by atoms with van der Waals surface area (Å²) >= 11 is 0.